The normalized spacial score (nSPS) is 13.6. The summed E-state index contributed by atoms with van der Waals surface area (Å²) in [5.74, 6) is 0.262. The smallest absolute Gasteiger partial charge is 0.387 e. The van der Waals surface area contributed by atoms with Gasteiger partial charge in [-0.25, -0.2) is 9.67 Å². The highest BCUT2D eigenvalue weighted by atomic mass is 19.3. The van der Waals surface area contributed by atoms with E-state index in [-0.39, 0.29) is 31.0 Å². The Morgan fingerprint density at radius 3 is 2.74 bits per heavy atom. The second kappa shape index (κ2) is 8.37. The topological polar surface area (TPSA) is 87.5 Å². The number of rotatable bonds is 7. The minimum atomic E-state index is -3.01. The van der Waals surface area contributed by atoms with Crippen molar-refractivity contribution in [2.75, 3.05) is 6.79 Å². The summed E-state index contributed by atoms with van der Waals surface area (Å²) in [6.45, 7) is 2.82. The average Bonchev–Trinajstić information content (AvgIpc) is 3.36. The van der Waals surface area contributed by atoms with Crippen molar-refractivity contribution in [3.63, 3.8) is 0 Å². The maximum absolute atomic E-state index is 13.0. The minimum absolute atomic E-state index is 0.00624. The molecule has 3 heterocycles. The van der Waals surface area contributed by atoms with Gasteiger partial charge < -0.3 is 19.5 Å². The number of carbonyl (C=O) groups is 1. The van der Waals surface area contributed by atoms with Gasteiger partial charge in [-0.1, -0.05) is 6.92 Å². The Morgan fingerprint density at radius 1 is 1.29 bits per heavy atom. The maximum atomic E-state index is 13.0. The second-order valence-corrected chi connectivity index (χ2v) is 7.27. The third kappa shape index (κ3) is 4.10. The molecule has 0 radical (unpaired) electrons. The minimum Gasteiger partial charge on any atom is -0.454 e. The maximum Gasteiger partial charge on any atom is 0.387 e. The molecular formula is C21H22F2N4O4. The molecule has 1 aliphatic rings. The van der Waals surface area contributed by atoms with Crippen LogP contribution >= 0.6 is 0 Å². The highest BCUT2D eigenvalue weighted by Gasteiger charge is 2.22. The number of fused-ring (bicyclic) bond motifs is 2. The number of ether oxygens (including phenoxy) is 3. The van der Waals surface area contributed by atoms with Gasteiger partial charge in [0.1, 0.15) is 5.75 Å². The molecule has 10 heteroatoms. The van der Waals surface area contributed by atoms with Crippen LogP contribution in [0.4, 0.5) is 8.78 Å². The van der Waals surface area contributed by atoms with Gasteiger partial charge in [-0.2, -0.15) is 13.9 Å². The van der Waals surface area contributed by atoms with Crippen molar-refractivity contribution in [1.82, 2.24) is 20.1 Å². The standard InChI is InChI=1S/C21H22F2N4O4/c1-4-12(3)27-19-15(9-25-27)14(5-11(2)26-19)20(28)24-8-13-6-17-18(30-10-29-17)7-16(13)31-21(22)23/h5-7,9,12,21H,4,8,10H2,1-3H3,(H,24,28)/t12-/m0/s1. The van der Waals surface area contributed by atoms with E-state index >= 15 is 0 Å². The molecule has 0 saturated carbocycles. The number of aromatic nitrogens is 3. The summed E-state index contributed by atoms with van der Waals surface area (Å²) in [7, 11) is 0. The lowest BCUT2D eigenvalue weighted by Crippen LogP contribution is -2.24. The van der Waals surface area contributed by atoms with Crippen LogP contribution in [0.15, 0.2) is 24.4 Å². The third-order valence-electron chi connectivity index (χ3n) is 5.16. The molecule has 0 aliphatic carbocycles. The van der Waals surface area contributed by atoms with Crippen molar-refractivity contribution >= 4 is 16.9 Å². The van der Waals surface area contributed by atoms with Crippen LogP contribution in [0.1, 0.15) is 47.9 Å². The first-order valence-electron chi connectivity index (χ1n) is 9.87. The molecular weight excluding hydrogens is 410 g/mol. The van der Waals surface area contributed by atoms with Crippen molar-refractivity contribution < 1.29 is 27.8 Å². The predicted molar refractivity (Wildman–Crippen MR) is 108 cm³/mol. The van der Waals surface area contributed by atoms with Crippen LogP contribution in [0.2, 0.25) is 0 Å². The van der Waals surface area contributed by atoms with E-state index < -0.39 is 6.61 Å². The number of hydrogen-bond acceptors (Lipinski definition) is 6. The zero-order valence-electron chi connectivity index (χ0n) is 17.3. The summed E-state index contributed by atoms with van der Waals surface area (Å²) in [4.78, 5) is 17.5. The van der Waals surface area contributed by atoms with E-state index in [0.29, 0.717) is 39.4 Å². The van der Waals surface area contributed by atoms with E-state index in [0.717, 1.165) is 6.42 Å². The fourth-order valence-corrected chi connectivity index (χ4v) is 3.41. The van der Waals surface area contributed by atoms with Crippen LogP contribution in [-0.4, -0.2) is 34.1 Å². The number of amides is 1. The van der Waals surface area contributed by atoms with Gasteiger partial charge in [0.2, 0.25) is 6.79 Å². The lowest BCUT2D eigenvalue weighted by atomic mass is 10.1. The van der Waals surface area contributed by atoms with Crippen LogP contribution in [0.3, 0.4) is 0 Å². The zero-order valence-corrected chi connectivity index (χ0v) is 17.3. The third-order valence-corrected chi connectivity index (χ3v) is 5.16. The van der Waals surface area contributed by atoms with E-state index in [1.54, 1.807) is 23.9 Å². The number of nitrogens with zero attached hydrogens (tertiary/aromatic N) is 3. The fourth-order valence-electron chi connectivity index (χ4n) is 3.41. The van der Waals surface area contributed by atoms with Gasteiger partial charge in [0, 0.05) is 23.9 Å². The van der Waals surface area contributed by atoms with E-state index in [4.69, 9.17) is 9.47 Å². The molecule has 0 spiro atoms. The molecule has 0 fully saturated rings. The van der Waals surface area contributed by atoms with Gasteiger partial charge in [-0.05, 0) is 32.4 Å². The van der Waals surface area contributed by atoms with Gasteiger partial charge in [0.05, 0.1) is 23.2 Å². The SMILES string of the molecule is CC[C@H](C)n1ncc2c(C(=O)NCc3cc4c(cc3OC(F)F)OCO4)cc(C)nc21. The van der Waals surface area contributed by atoms with Crippen LogP contribution in [0.25, 0.3) is 11.0 Å². The number of aryl methyl sites for hydroxylation is 1. The summed E-state index contributed by atoms with van der Waals surface area (Å²) in [6.07, 6.45) is 2.49. The monoisotopic (exact) mass is 432 g/mol. The van der Waals surface area contributed by atoms with Crippen molar-refractivity contribution in [1.29, 1.82) is 0 Å². The van der Waals surface area contributed by atoms with Crippen molar-refractivity contribution in [2.24, 2.45) is 0 Å². The van der Waals surface area contributed by atoms with E-state index in [1.807, 2.05) is 13.8 Å². The summed E-state index contributed by atoms with van der Waals surface area (Å²) >= 11 is 0. The molecule has 0 saturated heterocycles. The summed E-state index contributed by atoms with van der Waals surface area (Å²) < 4.78 is 42.6. The first-order chi connectivity index (χ1) is 14.9. The van der Waals surface area contributed by atoms with Gasteiger partial charge in [-0.3, -0.25) is 4.79 Å². The molecule has 3 aromatic rings. The molecule has 31 heavy (non-hydrogen) atoms. The zero-order chi connectivity index (χ0) is 22.1. The van der Waals surface area contributed by atoms with Gasteiger partial charge in [0.15, 0.2) is 17.1 Å². The summed E-state index contributed by atoms with van der Waals surface area (Å²) in [5.41, 5.74) is 2.06. The number of halogens is 2. The Morgan fingerprint density at radius 2 is 2.03 bits per heavy atom. The molecule has 0 unspecified atom stereocenters. The van der Waals surface area contributed by atoms with Crippen molar-refractivity contribution in [2.45, 2.75) is 46.4 Å². The van der Waals surface area contributed by atoms with Crippen LogP contribution in [0, 0.1) is 6.92 Å². The largest absolute Gasteiger partial charge is 0.454 e. The number of hydrogen-bond donors (Lipinski definition) is 1. The number of nitrogens with one attached hydrogen (secondary N) is 1. The van der Waals surface area contributed by atoms with Gasteiger partial charge in [0.25, 0.3) is 5.91 Å². The summed E-state index contributed by atoms with van der Waals surface area (Å²) in [5, 5.41) is 7.79. The van der Waals surface area contributed by atoms with Gasteiger partial charge >= 0.3 is 6.61 Å². The molecule has 1 amide bonds. The number of alkyl halides is 2. The average molecular weight is 432 g/mol. The van der Waals surface area contributed by atoms with E-state index in [1.165, 1.54) is 12.1 Å². The molecule has 0 bridgehead atoms. The first kappa shape index (κ1) is 20.8. The number of pyridine rings is 1. The molecule has 8 nitrogen and oxygen atoms in total. The molecule has 1 N–H and O–H groups in total. The number of carbonyl (C=O) groups excluding carboxylic acids is 1. The molecule has 4 rings (SSSR count). The Bertz CT molecular complexity index is 1130. The Labute approximate surface area is 177 Å². The molecule has 1 aliphatic heterocycles. The summed E-state index contributed by atoms with van der Waals surface area (Å²) in [6, 6.07) is 4.66. The predicted octanol–water partition coefficient (Wildman–Crippen LogP) is 3.97. The second-order valence-electron chi connectivity index (χ2n) is 7.27. The van der Waals surface area contributed by atoms with Gasteiger partial charge in [-0.15, -0.1) is 0 Å². The highest BCUT2D eigenvalue weighted by Crippen LogP contribution is 2.38. The lowest BCUT2D eigenvalue weighted by Gasteiger charge is -2.14. The van der Waals surface area contributed by atoms with Crippen molar-refractivity contribution in [3.05, 3.63) is 41.2 Å². The van der Waals surface area contributed by atoms with E-state index in [9.17, 15) is 13.6 Å². The molecule has 2 aromatic heterocycles. The fraction of sp³-hybridized carbons (Fsp3) is 0.381. The highest BCUT2D eigenvalue weighted by molar-refractivity contribution is 6.05. The van der Waals surface area contributed by atoms with E-state index in [2.05, 4.69) is 20.1 Å². The Kier molecular flexibility index (Phi) is 5.62. The lowest BCUT2D eigenvalue weighted by molar-refractivity contribution is -0.0505. The van der Waals surface area contributed by atoms with Crippen LogP contribution < -0.4 is 19.5 Å². The van der Waals surface area contributed by atoms with Crippen LogP contribution in [-0.2, 0) is 6.54 Å². The number of benzene rings is 1. The molecule has 1 aromatic carbocycles. The van der Waals surface area contributed by atoms with Crippen LogP contribution in [0.5, 0.6) is 17.2 Å². The Balaban J connectivity index is 1.61. The molecule has 164 valence electrons. The quantitative estimate of drug-likeness (QED) is 0.608. The Hall–Kier alpha value is -3.43. The first-order valence-corrected chi connectivity index (χ1v) is 9.87. The molecule has 1 atom stereocenters. The van der Waals surface area contributed by atoms with Crippen molar-refractivity contribution in [3.8, 4) is 17.2 Å².